The Morgan fingerprint density at radius 2 is 1.90 bits per heavy atom. The molecule has 0 unspecified atom stereocenters. The second-order valence-corrected chi connectivity index (χ2v) is 8.89. The van der Waals surface area contributed by atoms with E-state index in [9.17, 15) is 8.78 Å². The molecule has 2 aliphatic rings. The minimum absolute atomic E-state index is 0.388. The Kier molecular flexibility index (Phi) is 6.60. The standard InChI is InChI=1S/C23H28F2N2OS/c1-17-3-6-23-18(13-17)15-29-16-27(23)19-7-10-26(11-8-19)9-2-12-28-20-4-5-21(24)22(25)14-20/h3-6,13-14,19H,2,7-12,15-16H2,1H3. The molecule has 2 heterocycles. The highest BCUT2D eigenvalue weighted by Crippen LogP contribution is 2.36. The second kappa shape index (κ2) is 9.35. The van der Waals surface area contributed by atoms with Gasteiger partial charge in [0.1, 0.15) is 5.75 Å². The lowest BCUT2D eigenvalue weighted by molar-refractivity contribution is 0.191. The fraction of sp³-hybridized carbons (Fsp3) is 0.478. The Morgan fingerprint density at radius 3 is 2.69 bits per heavy atom. The predicted octanol–water partition coefficient (Wildman–Crippen LogP) is 5.22. The monoisotopic (exact) mass is 418 g/mol. The van der Waals surface area contributed by atoms with E-state index in [1.807, 2.05) is 11.8 Å². The maximum absolute atomic E-state index is 13.2. The molecule has 1 saturated heterocycles. The molecule has 2 aromatic carbocycles. The van der Waals surface area contributed by atoms with Gasteiger partial charge in [-0.3, -0.25) is 0 Å². The molecule has 0 aliphatic carbocycles. The lowest BCUT2D eigenvalue weighted by Crippen LogP contribution is -2.46. The van der Waals surface area contributed by atoms with E-state index in [0.717, 1.165) is 49.8 Å². The maximum atomic E-state index is 13.2. The van der Waals surface area contributed by atoms with Gasteiger partial charge < -0.3 is 14.5 Å². The lowest BCUT2D eigenvalue weighted by atomic mass is 10.0. The highest BCUT2D eigenvalue weighted by molar-refractivity contribution is 7.98. The number of aryl methyl sites for hydroxylation is 1. The number of rotatable bonds is 6. The Bertz CT molecular complexity index is 840. The van der Waals surface area contributed by atoms with E-state index in [1.165, 1.54) is 35.7 Å². The van der Waals surface area contributed by atoms with Crippen LogP contribution in [-0.4, -0.2) is 43.1 Å². The van der Waals surface area contributed by atoms with E-state index in [0.29, 0.717) is 18.4 Å². The molecule has 3 nitrogen and oxygen atoms in total. The highest BCUT2D eigenvalue weighted by Gasteiger charge is 2.28. The van der Waals surface area contributed by atoms with Crippen LogP contribution in [-0.2, 0) is 5.75 Å². The Morgan fingerprint density at radius 1 is 1.07 bits per heavy atom. The Labute approximate surface area is 176 Å². The molecule has 0 bridgehead atoms. The van der Waals surface area contributed by atoms with Gasteiger partial charge in [-0.25, -0.2) is 8.78 Å². The minimum atomic E-state index is -0.864. The van der Waals surface area contributed by atoms with Crippen LogP contribution in [0.1, 0.15) is 30.4 Å². The summed E-state index contributed by atoms with van der Waals surface area (Å²) >= 11 is 2.01. The predicted molar refractivity (Wildman–Crippen MR) is 116 cm³/mol. The number of piperidine rings is 1. The van der Waals surface area contributed by atoms with E-state index in [-0.39, 0.29) is 0 Å². The zero-order valence-electron chi connectivity index (χ0n) is 16.9. The van der Waals surface area contributed by atoms with Crippen molar-refractivity contribution in [1.29, 1.82) is 0 Å². The normalized spacial score (nSPS) is 18.0. The number of anilines is 1. The number of ether oxygens (including phenoxy) is 1. The van der Waals surface area contributed by atoms with Crippen molar-refractivity contribution in [3.63, 3.8) is 0 Å². The maximum Gasteiger partial charge on any atom is 0.162 e. The molecular weight excluding hydrogens is 390 g/mol. The molecule has 1 fully saturated rings. The first-order valence-electron chi connectivity index (χ1n) is 10.3. The average molecular weight is 419 g/mol. The molecule has 6 heteroatoms. The second-order valence-electron chi connectivity index (χ2n) is 7.93. The molecule has 156 valence electrons. The van der Waals surface area contributed by atoms with E-state index in [1.54, 1.807) is 0 Å². The first-order chi connectivity index (χ1) is 14.1. The van der Waals surface area contributed by atoms with Crippen molar-refractivity contribution in [2.24, 2.45) is 0 Å². The van der Waals surface area contributed by atoms with Gasteiger partial charge in [0, 0.05) is 43.2 Å². The summed E-state index contributed by atoms with van der Waals surface area (Å²) < 4.78 is 31.7. The number of hydrogen-bond acceptors (Lipinski definition) is 4. The summed E-state index contributed by atoms with van der Waals surface area (Å²) in [6.45, 7) is 5.84. The van der Waals surface area contributed by atoms with Crippen molar-refractivity contribution >= 4 is 17.4 Å². The van der Waals surface area contributed by atoms with Gasteiger partial charge in [0.15, 0.2) is 11.6 Å². The van der Waals surface area contributed by atoms with Crippen LogP contribution in [0, 0.1) is 18.6 Å². The van der Waals surface area contributed by atoms with E-state index in [4.69, 9.17) is 4.74 Å². The zero-order chi connectivity index (χ0) is 20.2. The molecule has 0 amide bonds. The molecule has 0 aromatic heterocycles. The number of nitrogens with zero attached hydrogens (tertiary/aromatic N) is 2. The van der Waals surface area contributed by atoms with Crippen molar-refractivity contribution in [1.82, 2.24) is 4.90 Å². The van der Waals surface area contributed by atoms with E-state index in [2.05, 4.69) is 34.9 Å². The zero-order valence-corrected chi connectivity index (χ0v) is 17.7. The van der Waals surface area contributed by atoms with Gasteiger partial charge in [-0.2, -0.15) is 0 Å². The largest absolute Gasteiger partial charge is 0.493 e. The lowest BCUT2D eigenvalue weighted by Gasteiger charge is -2.42. The molecule has 0 N–H and O–H groups in total. The van der Waals surface area contributed by atoms with Crippen molar-refractivity contribution in [3.8, 4) is 5.75 Å². The molecule has 0 atom stereocenters. The summed E-state index contributed by atoms with van der Waals surface area (Å²) in [7, 11) is 0. The number of benzene rings is 2. The summed E-state index contributed by atoms with van der Waals surface area (Å²) in [5.74, 6) is 0.883. The summed E-state index contributed by atoms with van der Waals surface area (Å²) in [4.78, 5) is 5.09. The minimum Gasteiger partial charge on any atom is -0.493 e. The van der Waals surface area contributed by atoms with Crippen LogP contribution >= 0.6 is 11.8 Å². The van der Waals surface area contributed by atoms with Crippen LogP contribution in [0.5, 0.6) is 5.75 Å². The Balaban J connectivity index is 1.22. The molecule has 4 rings (SSSR count). The van der Waals surface area contributed by atoms with Crippen molar-refractivity contribution < 1.29 is 13.5 Å². The van der Waals surface area contributed by atoms with Crippen molar-refractivity contribution in [2.75, 3.05) is 37.0 Å². The van der Waals surface area contributed by atoms with Gasteiger partial charge in [0.25, 0.3) is 0 Å². The van der Waals surface area contributed by atoms with Crippen molar-refractivity contribution in [3.05, 3.63) is 59.2 Å². The number of halogens is 2. The molecule has 0 radical (unpaired) electrons. The smallest absolute Gasteiger partial charge is 0.162 e. The third-order valence-electron chi connectivity index (χ3n) is 5.81. The van der Waals surface area contributed by atoms with Crippen LogP contribution in [0.15, 0.2) is 36.4 Å². The quantitative estimate of drug-likeness (QED) is 0.598. The SMILES string of the molecule is Cc1ccc2c(c1)CSCN2C1CCN(CCCOc2ccc(F)c(F)c2)CC1. The van der Waals surface area contributed by atoms with Gasteiger partial charge in [-0.05, 0) is 49.9 Å². The average Bonchev–Trinajstić information content (AvgIpc) is 2.73. The Hall–Kier alpha value is -1.79. The third kappa shape index (κ3) is 5.04. The summed E-state index contributed by atoms with van der Waals surface area (Å²) in [6, 6.07) is 11.1. The summed E-state index contributed by atoms with van der Waals surface area (Å²) in [5, 5.41) is 0. The first-order valence-corrected chi connectivity index (χ1v) is 11.5. The van der Waals surface area contributed by atoms with Crippen LogP contribution in [0.3, 0.4) is 0 Å². The van der Waals surface area contributed by atoms with Gasteiger partial charge >= 0.3 is 0 Å². The number of thioether (sulfide) groups is 1. The van der Waals surface area contributed by atoms with Crippen LogP contribution in [0.4, 0.5) is 14.5 Å². The topological polar surface area (TPSA) is 15.7 Å². The number of hydrogen-bond donors (Lipinski definition) is 0. The number of likely N-dealkylation sites (tertiary alicyclic amines) is 1. The molecule has 0 spiro atoms. The molecule has 2 aliphatic heterocycles. The van der Waals surface area contributed by atoms with Crippen LogP contribution in [0.25, 0.3) is 0 Å². The van der Waals surface area contributed by atoms with Crippen LogP contribution < -0.4 is 9.64 Å². The van der Waals surface area contributed by atoms with Gasteiger partial charge in [0.2, 0.25) is 0 Å². The molecule has 29 heavy (non-hydrogen) atoms. The van der Waals surface area contributed by atoms with Gasteiger partial charge in [-0.1, -0.05) is 17.7 Å². The fourth-order valence-corrected chi connectivity index (χ4v) is 5.32. The molecular formula is C23H28F2N2OS. The molecule has 2 aromatic rings. The van der Waals surface area contributed by atoms with E-state index < -0.39 is 11.6 Å². The number of fused-ring (bicyclic) bond motifs is 1. The molecule has 0 saturated carbocycles. The van der Waals surface area contributed by atoms with Crippen molar-refractivity contribution in [2.45, 2.75) is 38.0 Å². The highest BCUT2D eigenvalue weighted by atomic mass is 32.2. The van der Waals surface area contributed by atoms with Gasteiger partial charge in [-0.15, -0.1) is 11.8 Å². The van der Waals surface area contributed by atoms with Crippen LogP contribution in [0.2, 0.25) is 0 Å². The first kappa shape index (κ1) is 20.5. The van der Waals surface area contributed by atoms with E-state index >= 15 is 0 Å². The summed E-state index contributed by atoms with van der Waals surface area (Å²) in [6.07, 6.45) is 3.24. The fourth-order valence-electron chi connectivity index (χ4n) is 4.24. The third-order valence-corrected chi connectivity index (χ3v) is 6.78. The van der Waals surface area contributed by atoms with Gasteiger partial charge in [0.05, 0.1) is 12.5 Å². The summed E-state index contributed by atoms with van der Waals surface area (Å²) in [5.41, 5.74) is 4.23.